The van der Waals surface area contributed by atoms with Gasteiger partial charge in [-0.2, -0.15) is 0 Å². The molecule has 5 heteroatoms. The zero-order valence-corrected chi connectivity index (χ0v) is 16.0. The maximum absolute atomic E-state index is 11.8. The number of amides is 1. The van der Waals surface area contributed by atoms with Gasteiger partial charge in [0, 0.05) is 17.1 Å². The molecule has 1 heterocycles. The Morgan fingerprint density at radius 3 is 1.78 bits per heavy atom. The third-order valence-corrected chi connectivity index (χ3v) is 5.28. The van der Waals surface area contributed by atoms with E-state index < -0.39 is 0 Å². The van der Waals surface area contributed by atoms with E-state index in [1.165, 1.54) is 11.8 Å². The Balaban J connectivity index is 1.69. The summed E-state index contributed by atoms with van der Waals surface area (Å²) in [6.07, 6.45) is 1.86. The second-order valence-corrected chi connectivity index (χ2v) is 7.67. The van der Waals surface area contributed by atoms with Crippen LogP contribution in [-0.2, 0) is 4.79 Å². The molecule has 1 saturated heterocycles. The summed E-state index contributed by atoms with van der Waals surface area (Å²) >= 11 is 6.33. The Morgan fingerprint density at radius 1 is 0.778 bits per heavy atom. The Morgan fingerprint density at radius 2 is 1.30 bits per heavy atom. The molecule has 3 aromatic carbocycles. The summed E-state index contributed by atoms with van der Waals surface area (Å²) in [5, 5.41) is 2.64. The Labute approximate surface area is 167 Å². The zero-order valence-electron chi connectivity index (χ0n) is 14.3. The highest BCUT2D eigenvalue weighted by Gasteiger charge is 2.21. The predicted octanol–water partition coefficient (Wildman–Crippen LogP) is 5.65. The number of hydrogen-bond donors (Lipinski definition) is 1. The molecule has 0 radical (unpaired) electrons. The summed E-state index contributed by atoms with van der Waals surface area (Å²) in [6, 6.07) is 28.6. The van der Waals surface area contributed by atoms with Crippen LogP contribution in [-0.4, -0.2) is 10.2 Å². The molecule has 0 aromatic heterocycles. The lowest BCUT2D eigenvalue weighted by atomic mass is 10.1. The van der Waals surface area contributed by atoms with E-state index in [1.807, 2.05) is 54.6 Å². The van der Waals surface area contributed by atoms with Gasteiger partial charge in [-0.1, -0.05) is 72.5 Å². The van der Waals surface area contributed by atoms with Crippen LogP contribution in [0.4, 0.5) is 17.1 Å². The zero-order chi connectivity index (χ0) is 18.6. The van der Waals surface area contributed by atoms with Crippen molar-refractivity contribution in [2.45, 2.75) is 0 Å². The maximum Gasteiger partial charge on any atom is 0.263 e. The van der Waals surface area contributed by atoms with Crippen molar-refractivity contribution >= 4 is 57.3 Å². The van der Waals surface area contributed by atoms with Gasteiger partial charge >= 0.3 is 0 Å². The highest BCUT2D eigenvalue weighted by atomic mass is 32.2. The smallest absolute Gasteiger partial charge is 0.263 e. The molecular formula is C22H16N2OS2. The van der Waals surface area contributed by atoms with Crippen molar-refractivity contribution in [3.63, 3.8) is 0 Å². The van der Waals surface area contributed by atoms with Crippen molar-refractivity contribution in [2.75, 3.05) is 4.90 Å². The van der Waals surface area contributed by atoms with Gasteiger partial charge in [0.1, 0.15) is 4.32 Å². The Kier molecular flexibility index (Phi) is 5.05. The van der Waals surface area contributed by atoms with Crippen molar-refractivity contribution in [3.05, 3.63) is 95.4 Å². The van der Waals surface area contributed by atoms with Crippen molar-refractivity contribution in [2.24, 2.45) is 0 Å². The standard InChI is InChI=1S/C22H16N2OS2/c25-21-20(27-22(26)23-21)15-16-11-13-19(14-12-16)24(17-7-3-1-4-8-17)18-9-5-2-6-10-18/h1-15H,(H,23,25,26)/b20-15-. The fourth-order valence-electron chi connectivity index (χ4n) is 2.89. The summed E-state index contributed by atoms with van der Waals surface area (Å²) in [6.45, 7) is 0. The molecule has 1 fully saturated rings. The first-order chi connectivity index (χ1) is 13.2. The molecule has 1 aliphatic heterocycles. The van der Waals surface area contributed by atoms with Crippen molar-refractivity contribution in [3.8, 4) is 0 Å². The summed E-state index contributed by atoms with van der Waals surface area (Å²) in [7, 11) is 0. The quantitative estimate of drug-likeness (QED) is 0.463. The van der Waals surface area contributed by atoms with Crippen LogP contribution in [0, 0.1) is 0 Å². The van der Waals surface area contributed by atoms with E-state index >= 15 is 0 Å². The molecule has 27 heavy (non-hydrogen) atoms. The van der Waals surface area contributed by atoms with E-state index in [1.54, 1.807) is 0 Å². The molecule has 0 spiro atoms. The molecule has 0 atom stereocenters. The van der Waals surface area contributed by atoms with Crippen LogP contribution in [0.15, 0.2) is 89.8 Å². The fraction of sp³-hybridized carbons (Fsp3) is 0. The number of rotatable bonds is 4. The lowest BCUT2D eigenvalue weighted by Crippen LogP contribution is -2.17. The second-order valence-electron chi connectivity index (χ2n) is 5.95. The third-order valence-electron chi connectivity index (χ3n) is 4.12. The number of thioether (sulfide) groups is 1. The summed E-state index contributed by atoms with van der Waals surface area (Å²) < 4.78 is 0.502. The predicted molar refractivity (Wildman–Crippen MR) is 117 cm³/mol. The molecular weight excluding hydrogens is 372 g/mol. The number of carbonyl (C=O) groups is 1. The second kappa shape index (κ2) is 7.78. The molecule has 1 N–H and O–H groups in total. The molecule has 0 aliphatic carbocycles. The van der Waals surface area contributed by atoms with Crippen LogP contribution >= 0.6 is 24.0 Å². The molecule has 132 valence electrons. The number of benzene rings is 3. The first-order valence-corrected chi connectivity index (χ1v) is 9.68. The minimum Gasteiger partial charge on any atom is -0.311 e. The van der Waals surface area contributed by atoms with Gasteiger partial charge in [0.25, 0.3) is 5.91 Å². The average Bonchev–Trinajstić information content (AvgIpc) is 3.02. The number of nitrogens with zero attached hydrogens (tertiary/aromatic N) is 1. The van der Waals surface area contributed by atoms with E-state index in [9.17, 15) is 4.79 Å². The van der Waals surface area contributed by atoms with Crippen molar-refractivity contribution in [1.82, 2.24) is 5.32 Å². The van der Waals surface area contributed by atoms with Gasteiger partial charge in [-0.05, 0) is 48.0 Å². The van der Waals surface area contributed by atoms with Gasteiger partial charge in [0.2, 0.25) is 0 Å². The van der Waals surface area contributed by atoms with E-state index in [4.69, 9.17) is 12.2 Å². The highest BCUT2D eigenvalue weighted by molar-refractivity contribution is 8.26. The van der Waals surface area contributed by atoms with E-state index in [2.05, 4.69) is 46.6 Å². The van der Waals surface area contributed by atoms with Crippen LogP contribution < -0.4 is 10.2 Å². The fourth-order valence-corrected chi connectivity index (χ4v) is 3.94. The van der Waals surface area contributed by atoms with E-state index in [-0.39, 0.29) is 5.91 Å². The summed E-state index contributed by atoms with van der Waals surface area (Å²) in [5.41, 5.74) is 4.19. The van der Waals surface area contributed by atoms with Crippen molar-refractivity contribution < 1.29 is 4.79 Å². The highest BCUT2D eigenvalue weighted by Crippen LogP contribution is 2.34. The van der Waals surface area contributed by atoms with E-state index in [0.29, 0.717) is 9.23 Å². The molecule has 4 rings (SSSR count). The van der Waals surface area contributed by atoms with Crippen LogP contribution in [0.25, 0.3) is 6.08 Å². The van der Waals surface area contributed by atoms with Gasteiger partial charge in [0.15, 0.2) is 0 Å². The summed E-state index contributed by atoms with van der Waals surface area (Å²) in [5.74, 6) is -0.135. The topological polar surface area (TPSA) is 32.3 Å². The Bertz CT molecular complexity index is 960. The number of thiocarbonyl (C=S) groups is 1. The molecule has 0 bridgehead atoms. The third kappa shape index (κ3) is 3.94. The van der Waals surface area contributed by atoms with Gasteiger partial charge < -0.3 is 10.2 Å². The van der Waals surface area contributed by atoms with Gasteiger partial charge in [-0.25, -0.2) is 0 Å². The molecule has 3 nitrogen and oxygen atoms in total. The lowest BCUT2D eigenvalue weighted by Gasteiger charge is -2.25. The van der Waals surface area contributed by atoms with Crippen LogP contribution in [0.3, 0.4) is 0 Å². The van der Waals surface area contributed by atoms with Crippen LogP contribution in [0.1, 0.15) is 5.56 Å². The largest absolute Gasteiger partial charge is 0.311 e. The average molecular weight is 389 g/mol. The molecule has 0 saturated carbocycles. The SMILES string of the molecule is O=C1NC(=S)S/C1=C\c1ccc(N(c2ccccc2)c2ccccc2)cc1. The number of hydrogen-bond acceptors (Lipinski definition) is 4. The molecule has 1 amide bonds. The molecule has 0 unspecified atom stereocenters. The monoisotopic (exact) mass is 388 g/mol. The first kappa shape index (κ1) is 17.5. The van der Waals surface area contributed by atoms with Crippen LogP contribution in [0.2, 0.25) is 0 Å². The number of nitrogens with one attached hydrogen (secondary N) is 1. The minimum absolute atomic E-state index is 0.135. The van der Waals surface area contributed by atoms with Gasteiger partial charge in [0.05, 0.1) is 4.91 Å². The lowest BCUT2D eigenvalue weighted by molar-refractivity contribution is -0.115. The van der Waals surface area contributed by atoms with Gasteiger partial charge in [-0.3, -0.25) is 4.79 Å². The normalized spacial score (nSPS) is 15.0. The number of para-hydroxylation sites is 2. The van der Waals surface area contributed by atoms with E-state index in [0.717, 1.165) is 22.6 Å². The number of carbonyl (C=O) groups excluding carboxylic acids is 1. The van der Waals surface area contributed by atoms with Crippen LogP contribution in [0.5, 0.6) is 0 Å². The van der Waals surface area contributed by atoms with Crippen molar-refractivity contribution in [1.29, 1.82) is 0 Å². The maximum atomic E-state index is 11.8. The minimum atomic E-state index is -0.135. The number of anilines is 3. The summed E-state index contributed by atoms with van der Waals surface area (Å²) in [4.78, 5) is 14.7. The first-order valence-electron chi connectivity index (χ1n) is 8.46. The van der Waals surface area contributed by atoms with Gasteiger partial charge in [-0.15, -0.1) is 0 Å². The molecule has 1 aliphatic rings. The Hall–Kier alpha value is -2.89. The molecule has 3 aromatic rings.